The van der Waals surface area contributed by atoms with E-state index in [0.29, 0.717) is 15.5 Å². The molecule has 1 aliphatic heterocycles. The normalized spacial score (nSPS) is 24.7. The molecule has 0 radical (unpaired) electrons. The van der Waals surface area contributed by atoms with Crippen LogP contribution in [0.3, 0.4) is 0 Å². The van der Waals surface area contributed by atoms with Gasteiger partial charge in [0.1, 0.15) is 58.2 Å². The molecule has 0 spiro atoms. The lowest BCUT2D eigenvalue weighted by atomic mass is 9.97. The van der Waals surface area contributed by atoms with Crippen molar-refractivity contribution in [3.05, 3.63) is 63.8 Å². The Labute approximate surface area is 206 Å². The number of halogens is 4. The van der Waals surface area contributed by atoms with Gasteiger partial charge in [0.15, 0.2) is 0 Å². The van der Waals surface area contributed by atoms with Crippen LogP contribution < -0.4 is 0 Å². The third kappa shape index (κ3) is 4.76. The summed E-state index contributed by atoms with van der Waals surface area (Å²) in [6.07, 6.45) is -2.60. The molecule has 13 heteroatoms. The molecule has 8 nitrogen and oxygen atoms in total. The van der Waals surface area contributed by atoms with Crippen LogP contribution in [0.25, 0.3) is 11.3 Å². The first kappa shape index (κ1) is 24.8. The zero-order valence-corrected chi connectivity index (χ0v) is 19.3. The van der Waals surface area contributed by atoms with Gasteiger partial charge in [0, 0.05) is 15.5 Å². The number of aromatic nitrogens is 3. The van der Waals surface area contributed by atoms with Crippen LogP contribution in [0.4, 0.5) is 8.78 Å². The first-order chi connectivity index (χ1) is 16.2. The first-order valence-electron chi connectivity index (χ1n) is 9.79. The van der Waals surface area contributed by atoms with Crippen molar-refractivity contribution in [2.24, 2.45) is 0 Å². The average Bonchev–Trinajstić information content (AvgIpc) is 3.29. The van der Waals surface area contributed by atoms with Gasteiger partial charge in [-0.3, -0.25) is 0 Å². The maximum absolute atomic E-state index is 13.9. The number of aliphatic hydroxyl groups is 3. The van der Waals surface area contributed by atoms with Gasteiger partial charge >= 0.3 is 0 Å². The van der Waals surface area contributed by atoms with E-state index in [1.54, 1.807) is 6.07 Å². The summed E-state index contributed by atoms with van der Waals surface area (Å²) in [5, 5.41) is 48.4. The molecule has 1 aliphatic rings. The molecule has 3 aromatic rings. The number of nitrogens with zero attached hydrogens (tertiary/aromatic N) is 4. The van der Waals surface area contributed by atoms with Crippen LogP contribution in [0.5, 0.6) is 0 Å². The molecular formula is C21H16Cl2F2N4O4S. The highest BCUT2D eigenvalue weighted by atomic mass is 35.5. The lowest BCUT2D eigenvalue weighted by Gasteiger charge is -2.41. The second-order valence-electron chi connectivity index (χ2n) is 7.41. The number of hydrogen-bond donors (Lipinski definition) is 3. The van der Waals surface area contributed by atoms with Crippen LogP contribution in [0, 0.1) is 23.0 Å². The van der Waals surface area contributed by atoms with E-state index in [1.807, 2.05) is 6.07 Å². The Morgan fingerprint density at radius 3 is 2.50 bits per heavy atom. The summed E-state index contributed by atoms with van der Waals surface area (Å²) in [5.74, 6) is -1.96. The van der Waals surface area contributed by atoms with Crippen LogP contribution >= 0.6 is 35.0 Å². The van der Waals surface area contributed by atoms with Crippen molar-refractivity contribution in [3.8, 4) is 17.3 Å². The lowest BCUT2D eigenvalue weighted by molar-refractivity contribution is -0.178. The molecule has 4 rings (SSSR count). The fraction of sp³-hybridized carbons (Fsp3) is 0.286. The van der Waals surface area contributed by atoms with Gasteiger partial charge in [-0.15, -0.1) is 5.10 Å². The molecule has 2 heterocycles. The van der Waals surface area contributed by atoms with Gasteiger partial charge in [0.25, 0.3) is 0 Å². The fourth-order valence-electron chi connectivity index (χ4n) is 3.55. The molecule has 0 saturated carbocycles. The minimum atomic E-state index is -1.40. The van der Waals surface area contributed by atoms with Crippen LogP contribution in [-0.4, -0.2) is 60.7 Å². The minimum absolute atomic E-state index is 0.0453. The Morgan fingerprint density at radius 2 is 1.85 bits per heavy atom. The molecule has 2 aromatic carbocycles. The zero-order valence-electron chi connectivity index (χ0n) is 17.0. The Hall–Kier alpha value is -2.30. The van der Waals surface area contributed by atoms with Crippen molar-refractivity contribution in [3.63, 3.8) is 0 Å². The monoisotopic (exact) mass is 528 g/mol. The van der Waals surface area contributed by atoms with E-state index in [4.69, 9.17) is 27.9 Å². The molecule has 3 N–H and O–H groups in total. The van der Waals surface area contributed by atoms with Gasteiger partial charge in [-0.25, -0.2) is 13.5 Å². The molecule has 0 bridgehead atoms. The molecule has 3 unspecified atom stereocenters. The third-order valence-electron chi connectivity index (χ3n) is 5.25. The standard InChI is InChI=1S/C21H16Cl2F2N4O4S/c22-11-2-1-9(6-26)16(5-11)34-21-20(32)18(19(31)15(8-30)33-21)29-7-14(27-28-29)10-3-12(24)17(23)13(25)4-10/h1-5,7,15,18-21,30-32H,8H2/t15?,18?,19-,20?,21+/m0/s1. The van der Waals surface area contributed by atoms with Gasteiger partial charge in [0.2, 0.25) is 0 Å². The molecular weight excluding hydrogens is 513 g/mol. The molecule has 34 heavy (non-hydrogen) atoms. The number of benzene rings is 2. The summed E-state index contributed by atoms with van der Waals surface area (Å²) in [6, 6.07) is 7.44. The minimum Gasteiger partial charge on any atom is -0.394 e. The summed E-state index contributed by atoms with van der Waals surface area (Å²) in [6.45, 7) is -0.572. The summed E-state index contributed by atoms with van der Waals surface area (Å²) >= 11 is 12.5. The summed E-state index contributed by atoms with van der Waals surface area (Å²) in [4.78, 5) is 0.428. The van der Waals surface area contributed by atoms with E-state index in [1.165, 1.54) is 18.3 Å². The van der Waals surface area contributed by atoms with E-state index < -0.39 is 53.1 Å². The summed E-state index contributed by atoms with van der Waals surface area (Å²) in [7, 11) is 0. The second kappa shape index (κ2) is 10.1. The highest BCUT2D eigenvalue weighted by molar-refractivity contribution is 7.99. The van der Waals surface area contributed by atoms with Crippen molar-refractivity contribution in [2.45, 2.75) is 34.7 Å². The molecule has 178 valence electrons. The van der Waals surface area contributed by atoms with Crippen molar-refractivity contribution in [1.29, 1.82) is 5.26 Å². The zero-order chi connectivity index (χ0) is 24.6. The largest absolute Gasteiger partial charge is 0.394 e. The molecule has 5 atom stereocenters. The molecule has 1 aromatic heterocycles. The van der Waals surface area contributed by atoms with Gasteiger partial charge in [0.05, 0.1) is 18.4 Å². The Morgan fingerprint density at radius 1 is 1.15 bits per heavy atom. The Balaban J connectivity index is 1.66. The molecule has 1 saturated heterocycles. The molecule has 0 amide bonds. The smallest absolute Gasteiger partial charge is 0.145 e. The van der Waals surface area contributed by atoms with E-state index in [9.17, 15) is 29.4 Å². The second-order valence-corrected chi connectivity index (χ2v) is 9.36. The SMILES string of the molecule is N#Cc1ccc(Cl)cc1S[C@H]1OC(CO)[C@H](O)C(n2cc(-c3cc(F)c(Cl)c(F)c3)nn2)C1O. The number of ether oxygens (including phenoxy) is 1. The van der Waals surface area contributed by atoms with Crippen molar-refractivity contribution in [2.75, 3.05) is 6.61 Å². The predicted octanol–water partition coefficient (Wildman–Crippen LogP) is 3.17. The highest BCUT2D eigenvalue weighted by Gasteiger charge is 2.46. The number of nitriles is 1. The van der Waals surface area contributed by atoms with Crippen molar-refractivity contribution < 1.29 is 28.8 Å². The average molecular weight is 529 g/mol. The summed E-state index contributed by atoms with van der Waals surface area (Å²) in [5.41, 5.74) is -0.631. The number of hydrogen-bond acceptors (Lipinski definition) is 8. The Bertz CT molecular complexity index is 1230. The van der Waals surface area contributed by atoms with Crippen LogP contribution in [-0.2, 0) is 4.74 Å². The predicted molar refractivity (Wildman–Crippen MR) is 119 cm³/mol. The topological polar surface area (TPSA) is 124 Å². The fourth-order valence-corrected chi connectivity index (χ4v) is 5.08. The quantitative estimate of drug-likeness (QED) is 0.431. The van der Waals surface area contributed by atoms with E-state index >= 15 is 0 Å². The molecule has 1 fully saturated rings. The number of thioether (sulfide) groups is 1. The van der Waals surface area contributed by atoms with Gasteiger partial charge in [-0.05, 0) is 30.3 Å². The van der Waals surface area contributed by atoms with Crippen LogP contribution in [0.1, 0.15) is 11.6 Å². The summed E-state index contributed by atoms with van der Waals surface area (Å²) < 4.78 is 34.6. The third-order valence-corrected chi connectivity index (χ3v) is 7.06. The van der Waals surface area contributed by atoms with E-state index in [0.717, 1.165) is 28.6 Å². The first-order valence-corrected chi connectivity index (χ1v) is 11.4. The van der Waals surface area contributed by atoms with Crippen LogP contribution in [0.2, 0.25) is 10.0 Å². The lowest BCUT2D eigenvalue weighted by Crippen LogP contribution is -2.55. The van der Waals surface area contributed by atoms with E-state index in [-0.39, 0.29) is 11.3 Å². The molecule has 0 aliphatic carbocycles. The maximum atomic E-state index is 13.9. The number of rotatable bonds is 5. The van der Waals surface area contributed by atoms with Crippen molar-refractivity contribution in [1.82, 2.24) is 15.0 Å². The van der Waals surface area contributed by atoms with Gasteiger partial charge in [-0.2, -0.15) is 5.26 Å². The highest BCUT2D eigenvalue weighted by Crippen LogP contribution is 2.40. The maximum Gasteiger partial charge on any atom is 0.145 e. The number of aliphatic hydroxyl groups excluding tert-OH is 3. The van der Waals surface area contributed by atoms with Crippen molar-refractivity contribution >= 4 is 35.0 Å². The van der Waals surface area contributed by atoms with Gasteiger partial charge < -0.3 is 20.1 Å². The Kier molecular flexibility index (Phi) is 7.39. The van der Waals surface area contributed by atoms with Gasteiger partial charge in [-0.1, -0.05) is 40.2 Å². The van der Waals surface area contributed by atoms with E-state index in [2.05, 4.69) is 10.3 Å². The van der Waals surface area contributed by atoms with Crippen LogP contribution in [0.15, 0.2) is 41.4 Å².